The van der Waals surface area contributed by atoms with Crippen molar-refractivity contribution in [3.63, 3.8) is 0 Å². The van der Waals surface area contributed by atoms with Crippen LogP contribution in [0.3, 0.4) is 0 Å². The van der Waals surface area contributed by atoms with Crippen molar-refractivity contribution in [3.05, 3.63) is 71.3 Å². The lowest BCUT2D eigenvalue weighted by atomic mass is 9.96. The molecule has 0 bridgehead atoms. The monoisotopic (exact) mass is 437 g/mol. The van der Waals surface area contributed by atoms with E-state index in [0.717, 1.165) is 16.7 Å². The van der Waals surface area contributed by atoms with Crippen molar-refractivity contribution in [2.24, 2.45) is 5.92 Å². The van der Waals surface area contributed by atoms with Gasteiger partial charge in [-0.05, 0) is 43.4 Å². The van der Waals surface area contributed by atoms with Crippen molar-refractivity contribution in [3.8, 4) is 0 Å². The number of hydrogen-bond donors (Lipinski definition) is 1. The van der Waals surface area contributed by atoms with Crippen LogP contribution in [0, 0.1) is 5.92 Å². The molecule has 0 atom stereocenters. The normalized spacial score (nSPS) is 14.2. The van der Waals surface area contributed by atoms with Crippen LogP contribution in [0.2, 0.25) is 0 Å². The molecule has 1 aliphatic heterocycles. The Morgan fingerprint density at radius 3 is 2.25 bits per heavy atom. The number of benzene rings is 2. The number of urea groups is 1. The van der Waals surface area contributed by atoms with E-state index in [1.54, 1.807) is 0 Å². The topological polar surface area (TPSA) is 61.9 Å². The highest BCUT2D eigenvalue weighted by Crippen LogP contribution is 2.19. The van der Waals surface area contributed by atoms with Gasteiger partial charge < -0.3 is 19.9 Å². The van der Waals surface area contributed by atoms with Crippen molar-refractivity contribution < 1.29 is 14.3 Å². The van der Waals surface area contributed by atoms with Gasteiger partial charge in [0, 0.05) is 38.6 Å². The molecule has 1 aliphatic rings. The lowest BCUT2D eigenvalue weighted by Gasteiger charge is -2.34. The fraction of sp³-hybridized carbons (Fsp3) is 0.462. The van der Waals surface area contributed by atoms with Crippen LogP contribution in [-0.2, 0) is 29.3 Å². The molecule has 2 aromatic carbocycles. The van der Waals surface area contributed by atoms with E-state index >= 15 is 0 Å². The number of rotatable bonds is 9. The molecule has 0 radical (unpaired) electrons. The van der Waals surface area contributed by atoms with Crippen LogP contribution in [0.4, 0.5) is 4.79 Å². The lowest BCUT2D eigenvalue weighted by Crippen LogP contribution is -2.48. The second-order valence-electron chi connectivity index (χ2n) is 8.23. The van der Waals surface area contributed by atoms with Crippen LogP contribution in [0.5, 0.6) is 0 Å². The van der Waals surface area contributed by atoms with Gasteiger partial charge in [-0.1, -0.05) is 54.6 Å². The average molecular weight is 438 g/mol. The zero-order valence-electron chi connectivity index (χ0n) is 19.3. The summed E-state index contributed by atoms with van der Waals surface area (Å²) in [6.45, 7) is 8.32. The summed E-state index contributed by atoms with van der Waals surface area (Å²) in [7, 11) is 0. The average Bonchev–Trinajstić information content (AvgIpc) is 2.84. The molecule has 0 aliphatic carbocycles. The molecule has 32 heavy (non-hydrogen) atoms. The Hall–Kier alpha value is -2.86. The first-order chi connectivity index (χ1) is 15.6. The van der Waals surface area contributed by atoms with Crippen molar-refractivity contribution in [2.75, 3.05) is 26.2 Å². The molecule has 3 amide bonds. The van der Waals surface area contributed by atoms with Crippen LogP contribution < -0.4 is 5.32 Å². The molecule has 0 aromatic heterocycles. The molecule has 1 N–H and O–H groups in total. The highest BCUT2D eigenvalue weighted by molar-refractivity contribution is 5.79. The van der Waals surface area contributed by atoms with E-state index in [9.17, 15) is 9.59 Å². The van der Waals surface area contributed by atoms with E-state index in [2.05, 4.69) is 23.5 Å². The van der Waals surface area contributed by atoms with Crippen LogP contribution in [-0.4, -0.2) is 47.9 Å². The number of nitrogens with zero attached hydrogens (tertiary/aromatic N) is 2. The number of likely N-dealkylation sites (tertiary alicyclic amines) is 1. The number of hydrogen-bond acceptors (Lipinski definition) is 3. The van der Waals surface area contributed by atoms with Crippen LogP contribution in [0.1, 0.15) is 43.4 Å². The third-order valence-electron chi connectivity index (χ3n) is 6.01. The van der Waals surface area contributed by atoms with Gasteiger partial charge in [0.25, 0.3) is 0 Å². The summed E-state index contributed by atoms with van der Waals surface area (Å²) in [5.41, 5.74) is 3.31. The Labute approximate surface area is 191 Å². The Kier molecular flexibility index (Phi) is 9.11. The quantitative estimate of drug-likeness (QED) is 0.640. The number of ether oxygens (including phenoxy) is 1. The first-order valence-corrected chi connectivity index (χ1v) is 11.6. The largest absolute Gasteiger partial charge is 0.372 e. The second-order valence-corrected chi connectivity index (χ2v) is 8.23. The maximum atomic E-state index is 12.7. The number of amides is 3. The van der Waals surface area contributed by atoms with Gasteiger partial charge >= 0.3 is 6.03 Å². The minimum absolute atomic E-state index is 0.0341. The Morgan fingerprint density at radius 1 is 0.938 bits per heavy atom. The van der Waals surface area contributed by atoms with E-state index in [1.165, 1.54) is 0 Å². The summed E-state index contributed by atoms with van der Waals surface area (Å²) in [5, 5.41) is 3.07. The molecular formula is C26H35N3O3. The molecule has 6 heteroatoms. The van der Waals surface area contributed by atoms with E-state index in [1.807, 2.05) is 60.0 Å². The Bertz CT molecular complexity index is 860. The molecule has 0 unspecified atom stereocenters. The third-order valence-corrected chi connectivity index (χ3v) is 6.01. The predicted octanol–water partition coefficient (Wildman–Crippen LogP) is 4.19. The fourth-order valence-electron chi connectivity index (χ4n) is 4.05. The molecule has 0 saturated carbocycles. The van der Waals surface area contributed by atoms with Gasteiger partial charge in [-0.3, -0.25) is 4.79 Å². The van der Waals surface area contributed by atoms with Crippen molar-refractivity contribution in [2.45, 2.75) is 46.4 Å². The molecule has 2 aromatic rings. The Morgan fingerprint density at radius 2 is 1.56 bits per heavy atom. The molecule has 1 saturated heterocycles. The standard InChI is InChI=1S/C26H35N3O3/c1-3-28(4-2)26(31)29-15-13-24(14-16-29)25(30)27-18-22-11-8-12-23(17-22)20-32-19-21-9-6-5-7-10-21/h5-12,17,24H,3-4,13-16,18-20H2,1-2H3,(H,27,30). The maximum absolute atomic E-state index is 12.7. The second kappa shape index (κ2) is 12.2. The summed E-state index contributed by atoms with van der Waals surface area (Å²) < 4.78 is 5.82. The van der Waals surface area contributed by atoms with Gasteiger partial charge in [0.05, 0.1) is 13.2 Å². The predicted molar refractivity (Wildman–Crippen MR) is 126 cm³/mol. The molecule has 6 nitrogen and oxygen atoms in total. The first kappa shape index (κ1) is 23.8. The van der Waals surface area contributed by atoms with Gasteiger partial charge in [0.15, 0.2) is 0 Å². The van der Waals surface area contributed by atoms with Gasteiger partial charge in [-0.25, -0.2) is 4.79 Å². The zero-order chi connectivity index (χ0) is 22.8. The van der Waals surface area contributed by atoms with Gasteiger partial charge in [-0.2, -0.15) is 0 Å². The lowest BCUT2D eigenvalue weighted by molar-refractivity contribution is -0.126. The number of piperidine rings is 1. The minimum atomic E-state index is -0.0341. The van der Waals surface area contributed by atoms with E-state index in [4.69, 9.17) is 4.74 Å². The SMILES string of the molecule is CCN(CC)C(=O)N1CCC(C(=O)NCc2cccc(COCc3ccccc3)c2)CC1. The summed E-state index contributed by atoms with van der Waals surface area (Å²) in [6, 6.07) is 18.3. The highest BCUT2D eigenvalue weighted by Gasteiger charge is 2.28. The molecule has 1 heterocycles. The molecule has 1 fully saturated rings. The summed E-state index contributed by atoms with van der Waals surface area (Å²) in [4.78, 5) is 28.8. The first-order valence-electron chi connectivity index (χ1n) is 11.6. The summed E-state index contributed by atoms with van der Waals surface area (Å²) >= 11 is 0. The van der Waals surface area contributed by atoms with E-state index in [-0.39, 0.29) is 17.9 Å². The summed E-state index contributed by atoms with van der Waals surface area (Å²) in [6.07, 6.45) is 1.43. The Balaban J connectivity index is 1.41. The van der Waals surface area contributed by atoms with Crippen molar-refractivity contribution in [1.82, 2.24) is 15.1 Å². The van der Waals surface area contributed by atoms with Gasteiger partial charge in [0.2, 0.25) is 5.91 Å². The maximum Gasteiger partial charge on any atom is 0.319 e. The van der Waals surface area contributed by atoms with Crippen LogP contribution in [0.25, 0.3) is 0 Å². The van der Waals surface area contributed by atoms with Crippen LogP contribution in [0.15, 0.2) is 54.6 Å². The molecule has 172 valence electrons. The molecule has 3 rings (SSSR count). The van der Waals surface area contributed by atoms with Gasteiger partial charge in [-0.15, -0.1) is 0 Å². The van der Waals surface area contributed by atoms with E-state index in [0.29, 0.717) is 58.8 Å². The van der Waals surface area contributed by atoms with Gasteiger partial charge in [0.1, 0.15) is 0 Å². The highest BCUT2D eigenvalue weighted by atomic mass is 16.5. The fourth-order valence-corrected chi connectivity index (χ4v) is 4.05. The molecular weight excluding hydrogens is 402 g/mol. The third kappa shape index (κ3) is 6.82. The summed E-state index contributed by atoms with van der Waals surface area (Å²) in [5.74, 6) is 0.0406. The molecule has 0 spiro atoms. The number of nitrogens with one attached hydrogen (secondary N) is 1. The number of carbonyl (C=O) groups is 2. The van der Waals surface area contributed by atoms with Crippen molar-refractivity contribution in [1.29, 1.82) is 0 Å². The zero-order valence-corrected chi connectivity index (χ0v) is 19.3. The number of carbonyl (C=O) groups excluding carboxylic acids is 2. The van der Waals surface area contributed by atoms with E-state index < -0.39 is 0 Å². The van der Waals surface area contributed by atoms with Crippen LogP contribution >= 0.6 is 0 Å². The smallest absolute Gasteiger partial charge is 0.319 e. The van der Waals surface area contributed by atoms with Crippen molar-refractivity contribution >= 4 is 11.9 Å². The minimum Gasteiger partial charge on any atom is -0.372 e.